The number of nitrogens with zero attached hydrogens (tertiary/aromatic N) is 8. The predicted octanol–water partition coefficient (Wildman–Crippen LogP) is 3.73. The molecule has 14 heteroatoms. The summed E-state index contributed by atoms with van der Waals surface area (Å²) in [5, 5.41) is 15.5. The Kier molecular flexibility index (Phi) is 4.48. The number of hydrogen-bond donors (Lipinski definition) is 0. The minimum atomic E-state index is -4.57. The monoisotopic (exact) mass is 444 g/mol. The van der Waals surface area contributed by atoms with Crippen LogP contribution in [0, 0.1) is 0 Å². The molecule has 0 atom stereocenters. The van der Waals surface area contributed by atoms with Crippen molar-refractivity contribution in [1.82, 2.24) is 39.1 Å². The predicted molar refractivity (Wildman–Crippen MR) is 93.4 cm³/mol. The second-order valence-electron chi connectivity index (χ2n) is 7.02. The molecule has 0 radical (unpaired) electrons. The maximum Gasteiger partial charge on any atom is 0.435 e. The standard InChI is InChI=1S/C17H14F6N8/c1-15(2,30-9-5-13(26-30)28-7-3-11(24-28)16(18,19)20)31-10-6-14(27-31)29-8-4-12(25-29)17(21,22)23/h3-10H,1-2H3. The molecular formula is C17H14F6N8. The van der Waals surface area contributed by atoms with Gasteiger partial charge in [-0.1, -0.05) is 0 Å². The average Bonchev–Trinajstić information content (AvgIpc) is 3.47. The smallest absolute Gasteiger partial charge is 0.244 e. The maximum absolute atomic E-state index is 12.8. The van der Waals surface area contributed by atoms with Crippen LogP contribution in [0.15, 0.2) is 49.1 Å². The Labute approximate surface area is 170 Å². The van der Waals surface area contributed by atoms with Crippen LogP contribution in [0.1, 0.15) is 25.2 Å². The first-order valence-electron chi connectivity index (χ1n) is 8.74. The Hall–Kier alpha value is -3.58. The van der Waals surface area contributed by atoms with E-state index < -0.39 is 29.4 Å². The lowest BCUT2D eigenvalue weighted by Gasteiger charge is -2.25. The molecule has 0 N–H and O–H groups in total. The van der Waals surface area contributed by atoms with E-state index in [1.807, 2.05) is 0 Å². The van der Waals surface area contributed by atoms with E-state index in [9.17, 15) is 26.3 Å². The summed E-state index contributed by atoms with van der Waals surface area (Å²) < 4.78 is 81.4. The van der Waals surface area contributed by atoms with Crippen LogP contribution in [0.3, 0.4) is 0 Å². The largest absolute Gasteiger partial charge is 0.435 e. The molecule has 0 aromatic carbocycles. The Morgan fingerprint density at radius 3 is 1.29 bits per heavy atom. The summed E-state index contributed by atoms with van der Waals surface area (Å²) >= 11 is 0. The molecule has 0 unspecified atom stereocenters. The van der Waals surface area contributed by atoms with Crippen molar-refractivity contribution in [2.24, 2.45) is 0 Å². The van der Waals surface area contributed by atoms with E-state index >= 15 is 0 Å². The van der Waals surface area contributed by atoms with Crippen LogP contribution < -0.4 is 0 Å². The van der Waals surface area contributed by atoms with Crippen molar-refractivity contribution in [3.63, 3.8) is 0 Å². The molecule has 0 aliphatic heterocycles. The molecule has 0 saturated carbocycles. The summed E-state index contributed by atoms with van der Waals surface area (Å²) in [7, 11) is 0. The quantitative estimate of drug-likeness (QED) is 0.450. The molecule has 164 valence electrons. The molecule has 4 rings (SSSR count). The van der Waals surface area contributed by atoms with Gasteiger partial charge in [-0.3, -0.25) is 0 Å². The zero-order chi connectivity index (χ0) is 22.6. The molecule has 4 heterocycles. The highest BCUT2D eigenvalue weighted by atomic mass is 19.4. The van der Waals surface area contributed by atoms with Crippen LogP contribution in [-0.4, -0.2) is 39.1 Å². The Morgan fingerprint density at radius 2 is 0.968 bits per heavy atom. The van der Waals surface area contributed by atoms with Crippen molar-refractivity contribution in [2.45, 2.75) is 31.9 Å². The fraction of sp³-hybridized carbons (Fsp3) is 0.294. The third kappa shape index (κ3) is 3.80. The van der Waals surface area contributed by atoms with Gasteiger partial charge in [0.1, 0.15) is 5.66 Å². The summed E-state index contributed by atoms with van der Waals surface area (Å²) in [4.78, 5) is 0. The lowest BCUT2D eigenvalue weighted by atomic mass is 10.2. The Bertz CT molecular complexity index is 1110. The maximum atomic E-state index is 12.8. The van der Waals surface area contributed by atoms with Crippen LogP contribution in [-0.2, 0) is 18.0 Å². The van der Waals surface area contributed by atoms with Crippen LogP contribution in [0.5, 0.6) is 0 Å². The van der Waals surface area contributed by atoms with Crippen LogP contribution in [0.25, 0.3) is 11.6 Å². The number of rotatable bonds is 4. The van der Waals surface area contributed by atoms with Gasteiger partial charge in [0, 0.05) is 36.9 Å². The molecule has 0 fully saturated rings. The van der Waals surface area contributed by atoms with Crippen molar-refractivity contribution in [3.8, 4) is 11.6 Å². The Balaban J connectivity index is 1.60. The molecular weight excluding hydrogens is 430 g/mol. The van der Waals surface area contributed by atoms with Crippen molar-refractivity contribution < 1.29 is 26.3 Å². The van der Waals surface area contributed by atoms with E-state index in [4.69, 9.17) is 0 Å². The third-order valence-electron chi connectivity index (χ3n) is 4.50. The average molecular weight is 444 g/mol. The van der Waals surface area contributed by atoms with Gasteiger partial charge in [-0.05, 0) is 26.0 Å². The summed E-state index contributed by atoms with van der Waals surface area (Å²) in [5.41, 5.74) is -3.04. The molecule has 4 aromatic heterocycles. The van der Waals surface area contributed by atoms with Gasteiger partial charge in [0.2, 0.25) is 0 Å². The van der Waals surface area contributed by atoms with Gasteiger partial charge >= 0.3 is 12.4 Å². The zero-order valence-corrected chi connectivity index (χ0v) is 16.0. The second-order valence-corrected chi connectivity index (χ2v) is 7.02. The van der Waals surface area contributed by atoms with Gasteiger partial charge < -0.3 is 0 Å². The summed E-state index contributed by atoms with van der Waals surface area (Å²) in [6.45, 7) is 3.43. The van der Waals surface area contributed by atoms with Gasteiger partial charge in [-0.2, -0.15) is 46.7 Å². The Morgan fingerprint density at radius 1 is 0.581 bits per heavy atom. The van der Waals surface area contributed by atoms with E-state index in [2.05, 4.69) is 20.4 Å². The van der Waals surface area contributed by atoms with E-state index in [1.54, 1.807) is 13.8 Å². The summed E-state index contributed by atoms with van der Waals surface area (Å²) in [6, 6.07) is 4.62. The summed E-state index contributed by atoms with van der Waals surface area (Å²) in [5.74, 6) is 0.302. The van der Waals surface area contributed by atoms with Gasteiger partial charge in [0.15, 0.2) is 23.0 Å². The normalized spacial score (nSPS) is 13.2. The molecule has 0 spiro atoms. The molecule has 31 heavy (non-hydrogen) atoms. The molecule has 4 aromatic rings. The second kappa shape index (κ2) is 6.72. The van der Waals surface area contributed by atoms with E-state index in [1.165, 1.54) is 33.9 Å². The van der Waals surface area contributed by atoms with Gasteiger partial charge in [0.25, 0.3) is 0 Å². The fourth-order valence-electron chi connectivity index (χ4n) is 2.79. The molecule has 8 nitrogen and oxygen atoms in total. The first-order chi connectivity index (χ1) is 14.4. The minimum absolute atomic E-state index is 0.151. The fourth-order valence-corrected chi connectivity index (χ4v) is 2.79. The first-order valence-corrected chi connectivity index (χ1v) is 8.74. The van der Waals surface area contributed by atoms with Crippen molar-refractivity contribution in [1.29, 1.82) is 0 Å². The van der Waals surface area contributed by atoms with E-state index in [0.29, 0.717) is 0 Å². The van der Waals surface area contributed by atoms with Crippen LogP contribution >= 0.6 is 0 Å². The van der Waals surface area contributed by atoms with E-state index in [0.717, 1.165) is 33.9 Å². The molecule has 0 amide bonds. The lowest BCUT2D eigenvalue weighted by Crippen LogP contribution is -2.36. The van der Waals surface area contributed by atoms with Gasteiger partial charge in [0.05, 0.1) is 0 Å². The highest BCUT2D eigenvalue weighted by Crippen LogP contribution is 2.29. The number of aromatic nitrogens is 8. The van der Waals surface area contributed by atoms with Crippen molar-refractivity contribution >= 4 is 0 Å². The van der Waals surface area contributed by atoms with Crippen molar-refractivity contribution in [2.75, 3.05) is 0 Å². The van der Waals surface area contributed by atoms with E-state index in [-0.39, 0.29) is 11.6 Å². The van der Waals surface area contributed by atoms with Crippen LogP contribution in [0.2, 0.25) is 0 Å². The molecule has 0 saturated heterocycles. The summed E-state index contributed by atoms with van der Waals surface area (Å²) in [6.07, 6.45) is -3.80. The number of halogens is 6. The highest BCUT2D eigenvalue weighted by molar-refractivity contribution is 5.23. The first kappa shape index (κ1) is 20.7. The third-order valence-corrected chi connectivity index (χ3v) is 4.50. The number of alkyl halides is 6. The molecule has 0 aliphatic rings. The zero-order valence-electron chi connectivity index (χ0n) is 16.0. The van der Waals surface area contributed by atoms with Gasteiger partial charge in [-0.15, -0.1) is 0 Å². The SMILES string of the molecule is CC(C)(n1ccc(-n2ccc(C(F)(F)F)n2)n1)n1ccc(-n2ccc(C(F)(F)F)n2)n1. The molecule has 0 bridgehead atoms. The lowest BCUT2D eigenvalue weighted by molar-refractivity contribution is -0.142. The van der Waals surface area contributed by atoms with Crippen LogP contribution in [0.4, 0.5) is 26.3 Å². The highest BCUT2D eigenvalue weighted by Gasteiger charge is 2.35. The molecule has 0 aliphatic carbocycles. The van der Waals surface area contributed by atoms with Crippen molar-refractivity contribution in [3.05, 3.63) is 60.4 Å². The van der Waals surface area contributed by atoms with Gasteiger partial charge in [-0.25, -0.2) is 18.7 Å². The number of hydrogen-bond acceptors (Lipinski definition) is 4. The topological polar surface area (TPSA) is 71.3 Å². The minimum Gasteiger partial charge on any atom is -0.244 e.